The van der Waals surface area contributed by atoms with Crippen LogP contribution in [-0.4, -0.2) is 22.7 Å². The second-order valence-corrected chi connectivity index (χ2v) is 5.29. The maximum Gasteiger partial charge on any atom is 0.170 e. The fraction of sp³-hybridized carbons (Fsp3) is 0.125. The first-order chi connectivity index (χ1) is 10.2. The Morgan fingerprint density at radius 2 is 2.14 bits per heavy atom. The average Bonchev–Trinajstić information content (AvgIpc) is 2.86. The maximum atomic E-state index is 11.4. The maximum absolute atomic E-state index is 11.4. The lowest BCUT2D eigenvalue weighted by Crippen LogP contribution is -2.18. The molecule has 0 bridgehead atoms. The van der Waals surface area contributed by atoms with Gasteiger partial charge in [0.1, 0.15) is 11.3 Å². The molecule has 1 aromatic carbocycles. The van der Waals surface area contributed by atoms with Gasteiger partial charge in [-0.1, -0.05) is 29.8 Å². The van der Waals surface area contributed by atoms with E-state index in [1.165, 1.54) is 0 Å². The van der Waals surface area contributed by atoms with Crippen LogP contribution in [0.15, 0.2) is 48.7 Å². The van der Waals surface area contributed by atoms with E-state index >= 15 is 0 Å². The number of carbonyl (C=O) groups is 1. The quantitative estimate of drug-likeness (QED) is 0.693. The van der Waals surface area contributed by atoms with Crippen LogP contribution in [-0.2, 0) is 6.54 Å². The van der Waals surface area contributed by atoms with Gasteiger partial charge in [-0.25, -0.2) is 4.98 Å². The Balaban J connectivity index is 1.97. The fourth-order valence-electron chi connectivity index (χ4n) is 2.38. The van der Waals surface area contributed by atoms with Crippen molar-refractivity contribution in [2.75, 3.05) is 11.9 Å². The van der Waals surface area contributed by atoms with E-state index in [4.69, 9.17) is 11.6 Å². The largest absolute Gasteiger partial charge is 0.353 e. The van der Waals surface area contributed by atoms with Crippen LogP contribution in [0.3, 0.4) is 0 Å². The Kier molecular flexibility index (Phi) is 3.62. The molecule has 0 unspecified atom stereocenters. The van der Waals surface area contributed by atoms with Crippen LogP contribution < -0.4 is 4.90 Å². The molecule has 0 spiro atoms. The van der Waals surface area contributed by atoms with Gasteiger partial charge in [0.15, 0.2) is 12.1 Å². The zero-order chi connectivity index (χ0) is 14.8. The predicted molar refractivity (Wildman–Crippen MR) is 84.1 cm³/mol. The molecule has 106 valence electrons. The Morgan fingerprint density at radius 1 is 1.29 bits per heavy atom. The highest BCUT2D eigenvalue weighted by Crippen LogP contribution is 2.21. The summed E-state index contributed by atoms with van der Waals surface area (Å²) in [5.74, 6) is 0.663. The second-order valence-electron chi connectivity index (χ2n) is 4.85. The molecule has 2 aromatic heterocycles. The molecule has 0 aliphatic heterocycles. The van der Waals surface area contributed by atoms with Gasteiger partial charge in [-0.3, -0.25) is 9.20 Å². The number of hydrogen-bond donors (Lipinski definition) is 0. The van der Waals surface area contributed by atoms with E-state index in [-0.39, 0.29) is 0 Å². The summed E-state index contributed by atoms with van der Waals surface area (Å²) in [6.07, 6.45) is 2.67. The van der Waals surface area contributed by atoms with E-state index in [0.717, 1.165) is 17.5 Å². The number of fused-ring (bicyclic) bond motifs is 1. The number of pyridine rings is 1. The Bertz CT molecular complexity index is 797. The minimum atomic E-state index is 0.551. The number of aldehydes is 1. The summed E-state index contributed by atoms with van der Waals surface area (Å²) in [7, 11) is 1.91. The molecule has 2 heterocycles. The summed E-state index contributed by atoms with van der Waals surface area (Å²) in [6.45, 7) is 0.630. The van der Waals surface area contributed by atoms with Gasteiger partial charge < -0.3 is 4.90 Å². The van der Waals surface area contributed by atoms with E-state index in [0.29, 0.717) is 23.1 Å². The number of imidazole rings is 1. The molecule has 0 aliphatic carbocycles. The molecule has 0 saturated heterocycles. The normalized spacial score (nSPS) is 10.8. The van der Waals surface area contributed by atoms with Gasteiger partial charge in [-0.15, -0.1) is 0 Å². The number of nitrogens with zero attached hydrogens (tertiary/aromatic N) is 3. The summed E-state index contributed by atoms with van der Waals surface area (Å²) in [5.41, 5.74) is 2.38. The van der Waals surface area contributed by atoms with Crippen molar-refractivity contribution in [3.63, 3.8) is 0 Å². The van der Waals surface area contributed by atoms with Crippen LogP contribution in [0.5, 0.6) is 0 Å². The molecule has 3 aromatic rings. The second kappa shape index (κ2) is 5.58. The van der Waals surface area contributed by atoms with Gasteiger partial charge in [0.2, 0.25) is 0 Å². The SMILES string of the molecule is CN(Cc1cccc(Cl)c1)c1nc2ccccn2c1C=O. The van der Waals surface area contributed by atoms with Gasteiger partial charge in [0.05, 0.1) is 0 Å². The molecular formula is C16H14ClN3O. The molecule has 5 heteroatoms. The number of benzene rings is 1. The van der Waals surface area contributed by atoms with Gasteiger partial charge >= 0.3 is 0 Å². The molecule has 0 amide bonds. The first-order valence-corrected chi connectivity index (χ1v) is 6.94. The number of aromatic nitrogens is 2. The minimum Gasteiger partial charge on any atom is -0.353 e. The third-order valence-electron chi connectivity index (χ3n) is 3.33. The van der Waals surface area contributed by atoms with Crippen molar-refractivity contribution in [3.8, 4) is 0 Å². The molecule has 21 heavy (non-hydrogen) atoms. The summed E-state index contributed by atoms with van der Waals surface area (Å²) in [5, 5.41) is 0.700. The van der Waals surface area contributed by atoms with Crippen molar-refractivity contribution in [1.29, 1.82) is 0 Å². The number of carbonyl (C=O) groups excluding carboxylic acids is 1. The highest BCUT2D eigenvalue weighted by molar-refractivity contribution is 6.30. The monoisotopic (exact) mass is 299 g/mol. The van der Waals surface area contributed by atoms with E-state index < -0.39 is 0 Å². The summed E-state index contributed by atoms with van der Waals surface area (Å²) < 4.78 is 1.79. The van der Waals surface area contributed by atoms with Crippen molar-refractivity contribution in [2.24, 2.45) is 0 Å². The lowest BCUT2D eigenvalue weighted by atomic mass is 10.2. The van der Waals surface area contributed by atoms with Crippen molar-refractivity contribution in [3.05, 3.63) is 64.9 Å². The predicted octanol–water partition coefficient (Wildman–Crippen LogP) is 3.44. The molecule has 0 atom stereocenters. The number of rotatable bonds is 4. The highest BCUT2D eigenvalue weighted by Gasteiger charge is 2.15. The third kappa shape index (κ3) is 2.62. The lowest BCUT2D eigenvalue weighted by molar-refractivity contribution is 0.111. The van der Waals surface area contributed by atoms with Crippen LogP contribution >= 0.6 is 11.6 Å². The highest BCUT2D eigenvalue weighted by atomic mass is 35.5. The van der Waals surface area contributed by atoms with Crippen molar-refractivity contribution in [2.45, 2.75) is 6.54 Å². The van der Waals surface area contributed by atoms with Crippen LogP contribution in [0, 0.1) is 0 Å². The van der Waals surface area contributed by atoms with E-state index in [1.807, 2.05) is 60.6 Å². The molecule has 4 nitrogen and oxygen atoms in total. The Morgan fingerprint density at radius 3 is 2.90 bits per heavy atom. The van der Waals surface area contributed by atoms with Gasteiger partial charge in [-0.05, 0) is 29.8 Å². The van der Waals surface area contributed by atoms with Crippen molar-refractivity contribution >= 4 is 29.4 Å². The van der Waals surface area contributed by atoms with Crippen LogP contribution in [0.25, 0.3) is 5.65 Å². The third-order valence-corrected chi connectivity index (χ3v) is 3.56. The Hall–Kier alpha value is -2.33. The molecule has 0 saturated carbocycles. The smallest absolute Gasteiger partial charge is 0.170 e. The van der Waals surface area contributed by atoms with Crippen LogP contribution in [0.4, 0.5) is 5.82 Å². The van der Waals surface area contributed by atoms with Gasteiger partial charge in [0.25, 0.3) is 0 Å². The number of halogens is 1. The van der Waals surface area contributed by atoms with Crippen molar-refractivity contribution < 1.29 is 4.79 Å². The first-order valence-electron chi connectivity index (χ1n) is 6.57. The number of anilines is 1. The first kappa shape index (κ1) is 13.6. The molecule has 0 radical (unpaired) electrons. The molecule has 0 N–H and O–H groups in total. The summed E-state index contributed by atoms with van der Waals surface area (Å²) >= 11 is 6.00. The van der Waals surface area contributed by atoms with E-state index in [9.17, 15) is 4.79 Å². The van der Waals surface area contributed by atoms with Crippen LogP contribution in [0.1, 0.15) is 16.1 Å². The number of hydrogen-bond acceptors (Lipinski definition) is 3. The van der Waals surface area contributed by atoms with E-state index in [2.05, 4.69) is 4.98 Å². The minimum absolute atomic E-state index is 0.551. The van der Waals surface area contributed by atoms with Crippen molar-refractivity contribution in [1.82, 2.24) is 9.38 Å². The zero-order valence-electron chi connectivity index (χ0n) is 11.5. The molecule has 0 fully saturated rings. The van der Waals surface area contributed by atoms with Gasteiger partial charge in [-0.2, -0.15) is 0 Å². The van der Waals surface area contributed by atoms with E-state index in [1.54, 1.807) is 4.40 Å². The lowest BCUT2D eigenvalue weighted by Gasteiger charge is -2.17. The average molecular weight is 300 g/mol. The zero-order valence-corrected chi connectivity index (χ0v) is 12.3. The molecule has 3 rings (SSSR count). The molecule has 0 aliphatic rings. The Labute approximate surface area is 127 Å². The van der Waals surface area contributed by atoms with Gasteiger partial charge in [0, 0.05) is 24.8 Å². The molecular weight excluding hydrogens is 286 g/mol. The topological polar surface area (TPSA) is 37.6 Å². The fourth-order valence-corrected chi connectivity index (χ4v) is 2.59. The summed E-state index contributed by atoms with van der Waals surface area (Å²) in [6, 6.07) is 13.3. The standard InChI is InChI=1S/C16H14ClN3O/c1-19(10-12-5-4-6-13(17)9-12)16-14(11-21)20-8-3-2-7-15(20)18-16/h2-9,11H,10H2,1H3. The van der Waals surface area contributed by atoms with Crippen LogP contribution in [0.2, 0.25) is 5.02 Å². The summed E-state index contributed by atoms with van der Waals surface area (Å²) in [4.78, 5) is 17.9.